The van der Waals surface area contributed by atoms with Gasteiger partial charge in [-0.25, -0.2) is 14.1 Å². The molecule has 0 saturated carbocycles. The van der Waals surface area contributed by atoms with Crippen molar-refractivity contribution in [3.8, 4) is 0 Å². The minimum Gasteiger partial charge on any atom is -0.377 e. The molecule has 10 heteroatoms. The van der Waals surface area contributed by atoms with Crippen molar-refractivity contribution in [2.75, 3.05) is 26.0 Å². The largest absolute Gasteiger partial charge is 0.377 e. The van der Waals surface area contributed by atoms with Crippen LogP contribution in [0.25, 0.3) is 0 Å². The minimum absolute atomic E-state index is 0. The number of hydrogen-bond donors (Lipinski definition) is 2. The van der Waals surface area contributed by atoms with E-state index >= 15 is 0 Å². The van der Waals surface area contributed by atoms with Crippen LogP contribution in [0.4, 0.5) is 4.39 Å². The van der Waals surface area contributed by atoms with Gasteiger partial charge in [0.25, 0.3) is 0 Å². The molecule has 3 rings (SSSR count). The SMILES string of the molecule is CCNC(=NCCCSc1ccc(F)cc1)NC1CCc2nc(COC)nn2C1.I. The van der Waals surface area contributed by atoms with Gasteiger partial charge in [-0.2, -0.15) is 5.10 Å². The standard InChI is InChI=1S/C20H29FN6OS.HI/c1-3-22-20(23-11-4-12-29-17-8-5-15(21)6-9-17)24-16-7-10-19-25-18(14-28-2)26-27(19)13-16;/h5-6,8-9,16H,3-4,7,10-14H2,1-2H3,(H2,22,23,24);1H. The number of benzene rings is 1. The van der Waals surface area contributed by atoms with Gasteiger partial charge in [-0.1, -0.05) is 0 Å². The molecule has 0 saturated heterocycles. The van der Waals surface area contributed by atoms with Crippen molar-refractivity contribution in [3.05, 3.63) is 41.7 Å². The predicted molar refractivity (Wildman–Crippen MR) is 129 cm³/mol. The van der Waals surface area contributed by atoms with Gasteiger partial charge in [0.15, 0.2) is 11.8 Å². The topological polar surface area (TPSA) is 76.4 Å². The summed E-state index contributed by atoms with van der Waals surface area (Å²) in [5.41, 5.74) is 0. The van der Waals surface area contributed by atoms with Crippen LogP contribution < -0.4 is 10.6 Å². The van der Waals surface area contributed by atoms with Crippen molar-refractivity contribution in [3.63, 3.8) is 0 Å². The molecule has 1 atom stereocenters. The van der Waals surface area contributed by atoms with Crippen molar-refractivity contribution in [1.82, 2.24) is 25.4 Å². The number of aryl methyl sites for hydroxylation is 1. The number of hydrogen-bond acceptors (Lipinski definition) is 5. The zero-order valence-corrected chi connectivity index (χ0v) is 20.6. The fraction of sp³-hybridized carbons (Fsp3) is 0.550. The average molecular weight is 548 g/mol. The van der Waals surface area contributed by atoms with Crippen molar-refractivity contribution in [1.29, 1.82) is 0 Å². The number of aromatic nitrogens is 3. The van der Waals surface area contributed by atoms with Crippen molar-refractivity contribution >= 4 is 41.7 Å². The van der Waals surface area contributed by atoms with Gasteiger partial charge in [-0.15, -0.1) is 35.7 Å². The second-order valence-electron chi connectivity index (χ2n) is 6.86. The number of guanidine groups is 1. The van der Waals surface area contributed by atoms with Crippen molar-refractivity contribution in [2.45, 2.75) is 50.3 Å². The average Bonchev–Trinajstić information content (AvgIpc) is 3.11. The van der Waals surface area contributed by atoms with E-state index in [4.69, 9.17) is 9.73 Å². The number of aliphatic imine (C=N–C) groups is 1. The molecule has 1 aromatic heterocycles. The van der Waals surface area contributed by atoms with E-state index in [1.807, 2.05) is 16.8 Å². The molecular weight excluding hydrogens is 518 g/mol. The third-order valence-electron chi connectivity index (χ3n) is 4.52. The highest BCUT2D eigenvalue weighted by molar-refractivity contribution is 14.0. The van der Waals surface area contributed by atoms with Gasteiger partial charge in [0.2, 0.25) is 0 Å². The van der Waals surface area contributed by atoms with Gasteiger partial charge in [0, 0.05) is 37.6 Å². The second-order valence-corrected chi connectivity index (χ2v) is 8.02. The highest BCUT2D eigenvalue weighted by Crippen LogP contribution is 2.18. The molecule has 2 aromatic rings. The van der Waals surface area contributed by atoms with Crippen molar-refractivity contribution < 1.29 is 9.13 Å². The van der Waals surface area contributed by atoms with Crippen LogP contribution in [-0.4, -0.2) is 52.7 Å². The minimum atomic E-state index is -0.198. The van der Waals surface area contributed by atoms with Crippen LogP contribution in [0.15, 0.2) is 34.2 Å². The summed E-state index contributed by atoms with van der Waals surface area (Å²) in [5.74, 6) is 3.35. The van der Waals surface area contributed by atoms with E-state index in [0.717, 1.165) is 67.2 Å². The van der Waals surface area contributed by atoms with Gasteiger partial charge in [0.1, 0.15) is 18.2 Å². The summed E-state index contributed by atoms with van der Waals surface area (Å²) in [6, 6.07) is 6.89. The smallest absolute Gasteiger partial charge is 0.191 e. The molecule has 0 fully saturated rings. The van der Waals surface area contributed by atoms with Gasteiger partial charge in [-0.3, -0.25) is 4.99 Å². The molecule has 166 valence electrons. The monoisotopic (exact) mass is 548 g/mol. The Morgan fingerprint density at radius 1 is 1.37 bits per heavy atom. The third kappa shape index (κ3) is 7.69. The van der Waals surface area contributed by atoms with E-state index in [9.17, 15) is 4.39 Å². The van der Waals surface area contributed by atoms with Crippen LogP contribution in [0.5, 0.6) is 0 Å². The molecule has 0 amide bonds. The van der Waals surface area contributed by atoms with Crippen LogP contribution >= 0.6 is 35.7 Å². The fourth-order valence-electron chi connectivity index (χ4n) is 3.16. The van der Waals surface area contributed by atoms with E-state index in [0.29, 0.717) is 6.61 Å². The first-order chi connectivity index (χ1) is 14.2. The number of thioether (sulfide) groups is 1. The number of methoxy groups -OCH3 is 1. The van der Waals surface area contributed by atoms with Gasteiger partial charge in [0.05, 0.1) is 6.54 Å². The quantitative estimate of drug-likeness (QED) is 0.165. The molecule has 0 spiro atoms. The number of nitrogens with one attached hydrogen (secondary N) is 2. The van der Waals surface area contributed by atoms with Gasteiger partial charge in [-0.05, 0) is 49.8 Å². The molecule has 1 aromatic carbocycles. The lowest BCUT2D eigenvalue weighted by molar-refractivity contribution is 0.177. The number of halogens is 2. The lowest BCUT2D eigenvalue weighted by atomic mass is 10.1. The van der Waals surface area contributed by atoms with E-state index < -0.39 is 0 Å². The van der Waals surface area contributed by atoms with Crippen LogP contribution in [0.2, 0.25) is 0 Å². The lowest BCUT2D eigenvalue weighted by Gasteiger charge is -2.25. The summed E-state index contributed by atoms with van der Waals surface area (Å²) in [6.45, 7) is 4.84. The number of ether oxygens (including phenoxy) is 1. The first-order valence-corrected chi connectivity index (χ1v) is 11.0. The molecule has 1 aliphatic heterocycles. The maximum absolute atomic E-state index is 12.9. The Hall–Kier alpha value is -1.40. The number of nitrogens with zero attached hydrogens (tertiary/aromatic N) is 4. The summed E-state index contributed by atoms with van der Waals surface area (Å²) >= 11 is 1.72. The Balaban J connectivity index is 0.00000320. The fourth-order valence-corrected chi connectivity index (χ4v) is 4.00. The number of fused-ring (bicyclic) bond motifs is 1. The van der Waals surface area contributed by atoms with E-state index in [1.54, 1.807) is 18.9 Å². The molecule has 30 heavy (non-hydrogen) atoms. The zero-order chi connectivity index (χ0) is 20.5. The second kappa shape index (κ2) is 13.1. The van der Waals surface area contributed by atoms with E-state index in [1.165, 1.54) is 12.1 Å². The molecule has 1 unspecified atom stereocenters. The first-order valence-electron chi connectivity index (χ1n) is 10.0. The maximum atomic E-state index is 12.9. The Labute approximate surface area is 198 Å². The Morgan fingerprint density at radius 2 is 2.17 bits per heavy atom. The summed E-state index contributed by atoms with van der Waals surface area (Å²) in [5, 5.41) is 11.4. The molecule has 0 bridgehead atoms. The normalized spacial score (nSPS) is 16.0. The van der Waals surface area contributed by atoms with Crippen LogP contribution in [0, 0.1) is 5.82 Å². The van der Waals surface area contributed by atoms with E-state index in [2.05, 4.69) is 27.6 Å². The molecule has 2 N–H and O–H groups in total. The van der Waals surface area contributed by atoms with E-state index in [-0.39, 0.29) is 35.8 Å². The Morgan fingerprint density at radius 3 is 2.90 bits per heavy atom. The highest BCUT2D eigenvalue weighted by Gasteiger charge is 2.22. The molecule has 2 heterocycles. The highest BCUT2D eigenvalue weighted by atomic mass is 127. The molecule has 0 radical (unpaired) electrons. The zero-order valence-electron chi connectivity index (χ0n) is 17.4. The number of rotatable bonds is 9. The third-order valence-corrected chi connectivity index (χ3v) is 5.61. The van der Waals surface area contributed by atoms with Crippen LogP contribution in [0.3, 0.4) is 0 Å². The van der Waals surface area contributed by atoms with Gasteiger partial charge >= 0.3 is 0 Å². The maximum Gasteiger partial charge on any atom is 0.191 e. The summed E-state index contributed by atoms with van der Waals surface area (Å²) < 4.78 is 20.0. The van der Waals surface area contributed by atoms with Crippen LogP contribution in [0.1, 0.15) is 31.4 Å². The van der Waals surface area contributed by atoms with Crippen molar-refractivity contribution in [2.24, 2.45) is 4.99 Å². The predicted octanol–water partition coefficient (Wildman–Crippen LogP) is 3.23. The summed E-state index contributed by atoms with van der Waals surface area (Å²) in [7, 11) is 1.65. The molecule has 0 aliphatic carbocycles. The summed E-state index contributed by atoms with van der Waals surface area (Å²) in [6.07, 6.45) is 2.84. The van der Waals surface area contributed by atoms with Crippen LogP contribution in [-0.2, 0) is 24.3 Å². The molecular formula is C20H30FIN6OS. The Kier molecular flexibility index (Phi) is 10.9. The molecule has 1 aliphatic rings. The molecule has 7 nitrogen and oxygen atoms in total. The van der Waals surface area contributed by atoms with Gasteiger partial charge < -0.3 is 15.4 Å². The lowest BCUT2D eigenvalue weighted by Crippen LogP contribution is -2.47. The Bertz CT molecular complexity index is 801. The first kappa shape index (κ1) is 24.9. The summed E-state index contributed by atoms with van der Waals surface area (Å²) in [4.78, 5) is 10.3.